The molecule has 0 aliphatic heterocycles. The molecule has 0 unspecified atom stereocenters. The predicted molar refractivity (Wildman–Crippen MR) is 129 cm³/mol. The number of carbonyl (C=O) groups excluding carboxylic acids is 1. The van der Waals surface area contributed by atoms with Gasteiger partial charge in [0.2, 0.25) is 0 Å². The monoisotopic (exact) mass is 533 g/mol. The molecular formula is C24H24INO5. The molecule has 0 spiro atoms. The molecule has 0 saturated carbocycles. The maximum Gasteiger partial charge on any atom is 0.255 e. The van der Waals surface area contributed by atoms with Gasteiger partial charge in [-0.25, -0.2) is 0 Å². The van der Waals surface area contributed by atoms with Crippen LogP contribution in [0.5, 0.6) is 23.0 Å². The van der Waals surface area contributed by atoms with Crippen molar-refractivity contribution in [2.24, 2.45) is 0 Å². The first-order valence-corrected chi connectivity index (χ1v) is 10.8. The maximum atomic E-state index is 12.9. The first-order chi connectivity index (χ1) is 15.0. The van der Waals surface area contributed by atoms with Crippen LogP contribution >= 0.6 is 22.6 Å². The Kier molecular flexibility index (Phi) is 8.00. The van der Waals surface area contributed by atoms with E-state index in [0.29, 0.717) is 47.5 Å². The van der Waals surface area contributed by atoms with E-state index in [2.05, 4.69) is 27.9 Å². The van der Waals surface area contributed by atoms with E-state index in [1.54, 1.807) is 44.6 Å². The molecule has 0 aliphatic rings. The predicted octanol–water partition coefficient (Wildman–Crippen LogP) is 5.54. The molecule has 0 bridgehead atoms. The Hall–Kier alpha value is -2.94. The third-order valence-electron chi connectivity index (χ3n) is 4.45. The van der Waals surface area contributed by atoms with Crippen LogP contribution in [0, 0.1) is 3.57 Å². The number of amides is 1. The summed E-state index contributed by atoms with van der Waals surface area (Å²) < 4.78 is 23.1. The molecule has 0 aromatic heterocycles. The molecule has 6 nitrogen and oxygen atoms in total. The molecule has 7 heteroatoms. The van der Waals surface area contributed by atoms with Crippen LogP contribution in [0.25, 0.3) is 0 Å². The van der Waals surface area contributed by atoms with Crippen molar-refractivity contribution < 1.29 is 23.7 Å². The summed E-state index contributed by atoms with van der Waals surface area (Å²) in [4.78, 5) is 12.9. The van der Waals surface area contributed by atoms with Gasteiger partial charge in [-0.05, 0) is 59.3 Å². The molecule has 31 heavy (non-hydrogen) atoms. The zero-order valence-electron chi connectivity index (χ0n) is 17.6. The van der Waals surface area contributed by atoms with Crippen LogP contribution in [-0.2, 0) is 6.61 Å². The van der Waals surface area contributed by atoms with Crippen molar-refractivity contribution in [1.29, 1.82) is 0 Å². The number of anilines is 1. The number of benzene rings is 3. The van der Waals surface area contributed by atoms with Gasteiger partial charge in [0.15, 0.2) is 11.5 Å². The van der Waals surface area contributed by atoms with E-state index in [1.165, 1.54) is 0 Å². The summed E-state index contributed by atoms with van der Waals surface area (Å²) >= 11 is 2.16. The highest BCUT2D eigenvalue weighted by atomic mass is 127. The summed E-state index contributed by atoms with van der Waals surface area (Å²) in [5.41, 5.74) is 2.05. The second-order valence-electron chi connectivity index (χ2n) is 6.51. The van der Waals surface area contributed by atoms with Gasteiger partial charge in [0, 0.05) is 11.6 Å². The van der Waals surface area contributed by atoms with Gasteiger partial charge in [-0.1, -0.05) is 30.3 Å². The van der Waals surface area contributed by atoms with E-state index in [1.807, 2.05) is 37.3 Å². The van der Waals surface area contributed by atoms with Crippen molar-refractivity contribution in [3.05, 3.63) is 75.4 Å². The summed E-state index contributed by atoms with van der Waals surface area (Å²) in [5, 5.41) is 2.88. The number of halogens is 1. The fourth-order valence-corrected chi connectivity index (χ4v) is 3.69. The van der Waals surface area contributed by atoms with Crippen LogP contribution in [0.15, 0.2) is 60.7 Å². The fraction of sp³-hybridized carbons (Fsp3) is 0.208. The topological polar surface area (TPSA) is 66.0 Å². The zero-order chi connectivity index (χ0) is 22.2. The Balaban J connectivity index is 1.83. The summed E-state index contributed by atoms with van der Waals surface area (Å²) in [6.45, 7) is 2.75. The average molecular weight is 533 g/mol. The molecular weight excluding hydrogens is 509 g/mol. The van der Waals surface area contributed by atoms with Crippen molar-refractivity contribution in [3.63, 3.8) is 0 Å². The van der Waals surface area contributed by atoms with Gasteiger partial charge in [0.25, 0.3) is 5.91 Å². The standard InChI is InChI=1S/C24H24INO5/c1-4-30-22-13-17(12-19(25)23(22)31-15-16-8-6-5-7-9-16)24(27)26-20-11-10-18(28-2)14-21(20)29-3/h5-14H,4,15H2,1-3H3,(H,26,27). The van der Waals surface area contributed by atoms with Crippen molar-refractivity contribution in [2.45, 2.75) is 13.5 Å². The average Bonchev–Trinajstić information content (AvgIpc) is 2.79. The lowest BCUT2D eigenvalue weighted by Gasteiger charge is -2.16. The Morgan fingerprint density at radius 3 is 2.39 bits per heavy atom. The summed E-state index contributed by atoms with van der Waals surface area (Å²) in [5.74, 6) is 2.01. The molecule has 3 aromatic carbocycles. The SMILES string of the molecule is CCOc1cc(C(=O)Nc2ccc(OC)cc2OC)cc(I)c1OCc1ccccc1. The zero-order valence-corrected chi connectivity index (χ0v) is 19.8. The molecule has 0 saturated heterocycles. The Morgan fingerprint density at radius 1 is 0.935 bits per heavy atom. The number of methoxy groups -OCH3 is 2. The van der Waals surface area contributed by atoms with Crippen molar-refractivity contribution in [1.82, 2.24) is 0 Å². The summed E-state index contributed by atoms with van der Waals surface area (Å²) in [6.07, 6.45) is 0. The lowest BCUT2D eigenvalue weighted by atomic mass is 10.1. The molecule has 162 valence electrons. The first kappa shape index (κ1) is 22.7. The van der Waals surface area contributed by atoms with Gasteiger partial charge in [-0.2, -0.15) is 0 Å². The molecule has 1 amide bonds. The van der Waals surface area contributed by atoms with E-state index in [-0.39, 0.29) is 5.91 Å². The lowest BCUT2D eigenvalue weighted by molar-refractivity contribution is 0.102. The van der Waals surface area contributed by atoms with E-state index >= 15 is 0 Å². The van der Waals surface area contributed by atoms with Gasteiger partial charge in [-0.15, -0.1) is 0 Å². The second kappa shape index (κ2) is 10.9. The molecule has 0 atom stereocenters. The maximum absolute atomic E-state index is 12.9. The number of hydrogen-bond donors (Lipinski definition) is 1. The fourth-order valence-electron chi connectivity index (χ4n) is 2.93. The van der Waals surface area contributed by atoms with Crippen LogP contribution in [-0.4, -0.2) is 26.7 Å². The number of ether oxygens (including phenoxy) is 4. The highest BCUT2D eigenvalue weighted by Crippen LogP contribution is 2.36. The Morgan fingerprint density at radius 2 is 1.71 bits per heavy atom. The Labute approximate surface area is 195 Å². The first-order valence-electron chi connectivity index (χ1n) is 9.72. The van der Waals surface area contributed by atoms with Crippen LogP contribution in [0.3, 0.4) is 0 Å². The summed E-state index contributed by atoms with van der Waals surface area (Å²) in [7, 11) is 3.12. The van der Waals surface area contributed by atoms with Crippen molar-refractivity contribution in [3.8, 4) is 23.0 Å². The smallest absolute Gasteiger partial charge is 0.255 e. The number of rotatable bonds is 9. The minimum atomic E-state index is -0.281. The van der Waals surface area contributed by atoms with Gasteiger partial charge >= 0.3 is 0 Å². The van der Waals surface area contributed by atoms with E-state index in [9.17, 15) is 4.79 Å². The summed E-state index contributed by atoms with van der Waals surface area (Å²) in [6, 6.07) is 18.6. The lowest BCUT2D eigenvalue weighted by Crippen LogP contribution is -2.14. The Bertz CT molecular complexity index is 1040. The number of hydrogen-bond acceptors (Lipinski definition) is 5. The van der Waals surface area contributed by atoms with Gasteiger partial charge < -0.3 is 24.3 Å². The second-order valence-corrected chi connectivity index (χ2v) is 7.68. The normalized spacial score (nSPS) is 10.3. The van der Waals surface area contributed by atoms with Gasteiger partial charge in [0.05, 0.1) is 30.1 Å². The third kappa shape index (κ3) is 5.81. The largest absolute Gasteiger partial charge is 0.497 e. The van der Waals surface area contributed by atoms with E-state index in [4.69, 9.17) is 18.9 Å². The molecule has 0 aliphatic carbocycles. The minimum absolute atomic E-state index is 0.281. The molecule has 0 fully saturated rings. The van der Waals surface area contributed by atoms with Crippen LogP contribution in [0.2, 0.25) is 0 Å². The molecule has 3 aromatic rings. The van der Waals surface area contributed by atoms with E-state index in [0.717, 1.165) is 9.13 Å². The molecule has 3 rings (SSSR count). The minimum Gasteiger partial charge on any atom is -0.497 e. The molecule has 0 heterocycles. The van der Waals surface area contributed by atoms with Gasteiger partial charge in [0.1, 0.15) is 18.1 Å². The number of carbonyl (C=O) groups is 1. The van der Waals surface area contributed by atoms with Crippen LogP contribution in [0.4, 0.5) is 5.69 Å². The number of nitrogens with one attached hydrogen (secondary N) is 1. The highest BCUT2D eigenvalue weighted by molar-refractivity contribution is 14.1. The highest BCUT2D eigenvalue weighted by Gasteiger charge is 2.18. The molecule has 1 N–H and O–H groups in total. The molecule has 0 radical (unpaired) electrons. The van der Waals surface area contributed by atoms with Crippen LogP contribution in [0.1, 0.15) is 22.8 Å². The van der Waals surface area contributed by atoms with Gasteiger partial charge in [-0.3, -0.25) is 4.79 Å². The van der Waals surface area contributed by atoms with Crippen LogP contribution < -0.4 is 24.3 Å². The van der Waals surface area contributed by atoms with E-state index < -0.39 is 0 Å². The van der Waals surface area contributed by atoms with Crippen molar-refractivity contribution >= 4 is 34.2 Å². The quantitative estimate of drug-likeness (QED) is 0.366. The third-order valence-corrected chi connectivity index (χ3v) is 5.26. The van der Waals surface area contributed by atoms with Crippen molar-refractivity contribution in [2.75, 3.05) is 26.1 Å².